The molecule has 5 heteroatoms. The molecule has 0 aliphatic carbocycles. The Morgan fingerprint density at radius 3 is 2.12 bits per heavy atom. The van der Waals surface area contributed by atoms with Crippen molar-refractivity contribution in [3.63, 3.8) is 0 Å². The van der Waals surface area contributed by atoms with Gasteiger partial charge in [0.05, 0.1) is 6.04 Å². The lowest BCUT2D eigenvalue weighted by Crippen LogP contribution is -2.30. The minimum Gasteiger partial charge on any atom is -0.396 e. The number of nitrogens with one attached hydrogen (secondary N) is 1. The molecule has 0 radical (unpaired) electrons. The van der Waals surface area contributed by atoms with Gasteiger partial charge < -0.3 is 10.4 Å². The first-order valence-electron chi connectivity index (χ1n) is 8.20. The Morgan fingerprint density at radius 1 is 1.08 bits per heavy atom. The van der Waals surface area contributed by atoms with E-state index in [-0.39, 0.29) is 18.4 Å². The molecule has 2 rings (SSSR count). The maximum atomic E-state index is 13.8. The number of carbonyl (C=O) groups is 1. The van der Waals surface area contributed by atoms with E-state index >= 15 is 0 Å². The molecular weight excluding hydrogens is 324 g/mol. The minimum absolute atomic E-state index is 0.00938. The summed E-state index contributed by atoms with van der Waals surface area (Å²) in [6.45, 7) is 6.12. The fourth-order valence-electron chi connectivity index (χ4n) is 2.61. The van der Waals surface area contributed by atoms with Crippen molar-refractivity contribution < 1.29 is 18.7 Å². The summed E-state index contributed by atoms with van der Waals surface area (Å²) in [5.74, 6) is -2.67. The van der Waals surface area contributed by atoms with Crippen molar-refractivity contribution >= 4 is 5.91 Å². The molecule has 0 aromatic heterocycles. The highest BCUT2D eigenvalue weighted by Gasteiger charge is 2.22. The maximum absolute atomic E-state index is 13.8. The first kappa shape index (κ1) is 19.1. The maximum Gasteiger partial charge on any atom is 0.257 e. The van der Waals surface area contributed by atoms with Gasteiger partial charge in [-0.25, -0.2) is 8.78 Å². The van der Waals surface area contributed by atoms with E-state index in [1.165, 1.54) is 6.07 Å². The van der Waals surface area contributed by atoms with Gasteiger partial charge in [-0.1, -0.05) is 51.1 Å². The molecule has 1 amide bonds. The van der Waals surface area contributed by atoms with E-state index in [1.54, 1.807) is 0 Å². The lowest BCUT2D eigenvalue weighted by Gasteiger charge is -2.22. The number of amides is 1. The average molecular weight is 347 g/mol. The molecule has 134 valence electrons. The van der Waals surface area contributed by atoms with Crippen molar-refractivity contribution in [3.8, 4) is 0 Å². The molecule has 0 saturated carbocycles. The number of aliphatic hydroxyl groups is 1. The summed E-state index contributed by atoms with van der Waals surface area (Å²) < 4.78 is 27.5. The molecule has 1 atom stereocenters. The standard InChI is InChI=1S/C20H23F2NO2/c1-20(2,3)14-9-7-13(8-10-14)17(11-12-24)23-19(25)18-15(21)5-4-6-16(18)22/h4-10,17,24H,11-12H2,1-3H3,(H,23,25). The van der Waals surface area contributed by atoms with Crippen LogP contribution in [0.3, 0.4) is 0 Å². The Hall–Kier alpha value is -2.27. The molecule has 0 aliphatic rings. The zero-order chi connectivity index (χ0) is 18.6. The van der Waals surface area contributed by atoms with Crippen LogP contribution in [0.15, 0.2) is 42.5 Å². The zero-order valence-electron chi connectivity index (χ0n) is 14.6. The molecule has 25 heavy (non-hydrogen) atoms. The third kappa shape index (κ3) is 4.63. The van der Waals surface area contributed by atoms with Gasteiger partial charge in [0, 0.05) is 6.61 Å². The van der Waals surface area contributed by atoms with Crippen molar-refractivity contribution in [2.24, 2.45) is 0 Å². The molecule has 0 saturated heterocycles. The largest absolute Gasteiger partial charge is 0.396 e. The summed E-state index contributed by atoms with van der Waals surface area (Å²) in [7, 11) is 0. The van der Waals surface area contributed by atoms with Crippen LogP contribution in [-0.4, -0.2) is 17.6 Å². The molecule has 2 N–H and O–H groups in total. The van der Waals surface area contributed by atoms with Crippen LogP contribution in [0.1, 0.15) is 54.7 Å². The summed E-state index contributed by atoms with van der Waals surface area (Å²) >= 11 is 0. The van der Waals surface area contributed by atoms with Gasteiger partial charge in [0.15, 0.2) is 0 Å². The van der Waals surface area contributed by atoms with Crippen LogP contribution in [0.2, 0.25) is 0 Å². The topological polar surface area (TPSA) is 49.3 Å². The summed E-state index contributed by atoms with van der Waals surface area (Å²) in [5, 5.41) is 11.9. The fraction of sp³-hybridized carbons (Fsp3) is 0.350. The van der Waals surface area contributed by atoms with Gasteiger partial charge in [0.1, 0.15) is 17.2 Å². The third-order valence-electron chi connectivity index (χ3n) is 4.09. The Labute approximate surface area is 146 Å². The number of benzene rings is 2. The lowest BCUT2D eigenvalue weighted by atomic mass is 9.86. The Bertz CT molecular complexity index is 716. The van der Waals surface area contributed by atoms with Crippen LogP contribution in [0, 0.1) is 11.6 Å². The second-order valence-corrected chi connectivity index (χ2v) is 7.01. The predicted octanol–water partition coefficient (Wildman–Crippen LogP) is 4.12. The van der Waals surface area contributed by atoms with Crippen molar-refractivity contribution in [3.05, 3.63) is 70.8 Å². The van der Waals surface area contributed by atoms with Gasteiger partial charge in [-0.2, -0.15) is 0 Å². The Kier molecular flexibility index (Phi) is 5.90. The normalized spacial score (nSPS) is 12.7. The first-order chi connectivity index (χ1) is 11.7. The quantitative estimate of drug-likeness (QED) is 0.855. The summed E-state index contributed by atoms with van der Waals surface area (Å²) in [4.78, 5) is 12.3. The Morgan fingerprint density at radius 2 is 1.64 bits per heavy atom. The van der Waals surface area contributed by atoms with E-state index in [1.807, 2.05) is 24.3 Å². The third-order valence-corrected chi connectivity index (χ3v) is 4.09. The summed E-state index contributed by atoms with van der Waals surface area (Å²) in [6, 6.07) is 10.4. The summed E-state index contributed by atoms with van der Waals surface area (Å²) in [5.41, 5.74) is 1.28. The van der Waals surface area contributed by atoms with Crippen LogP contribution in [0.25, 0.3) is 0 Å². The van der Waals surface area contributed by atoms with Gasteiger partial charge in [0.2, 0.25) is 0 Å². The van der Waals surface area contributed by atoms with Crippen LogP contribution < -0.4 is 5.32 Å². The van der Waals surface area contributed by atoms with Gasteiger partial charge in [-0.05, 0) is 35.1 Å². The van der Waals surface area contributed by atoms with E-state index in [9.17, 15) is 18.7 Å². The number of hydrogen-bond acceptors (Lipinski definition) is 2. The molecule has 0 heterocycles. The smallest absolute Gasteiger partial charge is 0.257 e. The second-order valence-electron chi connectivity index (χ2n) is 7.01. The van der Waals surface area contributed by atoms with Gasteiger partial charge in [-0.15, -0.1) is 0 Å². The number of rotatable bonds is 5. The number of halogens is 2. The van der Waals surface area contributed by atoms with E-state index in [4.69, 9.17) is 0 Å². The molecule has 1 unspecified atom stereocenters. The SMILES string of the molecule is CC(C)(C)c1ccc(C(CCO)NC(=O)c2c(F)cccc2F)cc1. The predicted molar refractivity (Wildman–Crippen MR) is 93.4 cm³/mol. The van der Waals surface area contributed by atoms with Crippen molar-refractivity contribution in [1.29, 1.82) is 0 Å². The number of aliphatic hydroxyl groups excluding tert-OH is 1. The van der Waals surface area contributed by atoms with Crippen molar-refractivity contribution in [2.75, 3.05) is 6.61 Å². The van der Waals surface area contributed by atoms with E-state index in [2.05, 4.69) is 26.1 Å². The number of hydrogen-bond donors (Lipinski definition) is 2. The molecule has 0 aliphatic heterocycles. The highest BCUT2D eigenvalue weighted by atomic mass is 19.1. The van der Waals surface area contributed by atoms with E-state index in [0.29, 0.717) is 0 Å². The zero-order valence-corrected chi connectivity index (χ0v) is 14.6. The minimum atomic E-state index is -0.914. The molecule has 0 fully saturated rings. The lowest BCUT2D eigenvalue weighted by molar-refractivity contribution is 0.0921. The molecule has 0 spiro atoms. The highest BCUT2D eigenvalue weighted by molar-refractivity contribution is 5.95. The van der Waals surface area contributed by atoms with Gasteiger partial charge >= 0.3 is 0 Å². The first-order valence-corrected chi connectivity index (χ1v) is 8.20. The molecule has 2 aromatic rings. The van der Waals surface area contributed by atoms with E-state index < -0.39 is 29.1 Å². The monoisotopic (exact) mass is 347 g/mol. The van der Waals surface area contributed by atoms with Crippen LogP contribution in [-0.2, 0) is 5.41 Å². The molecule has 0 bridgehead atoms. The molecule has 3 nitrogen and oxygen atoms in total. The van der Waals surface area contributed by atoms with Crippen molar-refractivity contribution in [2.45, 2.75) is 38.6 Å². The van der Waals surface area contributed by atoms with Gasteiger partial charge in [0.25, 0.3) is 5.91 Å². The van der Waals surface area contributed by atoms with Crippen molar-refractivity contribution in [1.82, 2.24) is 5.32 Å². The van der Waals surface area contributed by atoms with Crippen LogP contribution in [0.5, 0.6) is 0 Å². The number of carbonyl (C=O) groups excluding carboxylic acids is 1. The highest BCUT2D eigenvalue weighted by Crippen LogP contribution is 2.25. The second kappa shape index (κ2) is 7.74. The van der Waals surface area contributed by atoms with Crippen LogP contribution in [0.4, 0.5) is 8.78 Å². The summed E-state index contributed by atoms with van der Waals surface area (Å²) in [6.07, 6.45) is 0.247. The molecule has 2 aromatic carbocycles. The van der Waals surface area contributed by atoms with Crippen LogP contribution >= 0.6 is 0 Å². The van der Waals surface area contributed by atoms with Gasteiger partial charge in [-0.3, -0.25) is 4.79 Å². The Balaban J connectivity index is 2.25. The molecular formula is C20H23F2NO2. The fourth-order valence-corrected chi connectivity index (χ4v) is 2.61. The average Bonchev–Trinajstić information content (AvgIpc) is 2.53. The van der Waals surface area contributed by atoms with E-state index in [0.717, 1.165) is 23.3 Å².